The second kappa shape index (κ2) is 9.65. The molecule has 0 unspecified atom stereocenters. The van der Waals surface area contributed by atoms with Crippen LogP contribution < -0.4 is 10.1 Å². The van der Waals surface area contributed by atoms with Crippen molar-refractivity contribution < 1.29 is 28.0 Å². The van der Waals surface area contributed by atoms with Crippen LogP contribution in [0.15, 0.2) is 42.6 Å². The maximum atomic E-state index is 12.7. The van der Waals surface area contributed by atoms with Crippen LogP contribution in [0.5, 0.6) is 5.75 Å². The number of amides is 1. The van der Waals surface area contributed by atoms with E-state index < -0.39 is 26.6 Å². The summed E-state index contributed by atoms with van der Waals surface area (Å²) in [4.78, 5) is 25.7. The molecule has 2 N–H and O–H groups in total. The lowest BCUT2D eigenvalue weighted by atomic mass is 10.0. The van der Waals surface area contributed by atoms with Crippen LogP contribution in [-0.2, 0) is 29.1 Å². The SMILES string of the molecule is COc1c(-c2ccn(C)n2)cc(CCS(=O)(=O)Cc2cccc(NC(=O)O)n2)cc1[N+](=O)[O-]. The summed E-state index contributed by atoms with van der Waals surface area (Å²) in [6, 6.07) is 8.96. The number of methoxy groups -OCH3 is 1. The zero-order valence-corrected chi connectivity index (χ0v) is 18.6. The molecule has 1 aromatic carbocycles. The average Bonchev–Trinajstić information content (AvgIpc) is 3.17. The molecule has 0 fully saturated rings. The molecule has 3 aromatic rings. The van der Waals surface area contributed by atoms with Crippen LogP contribution in [0.1, 0.15) is 11.3 Å². The van der Waals surface area contributed by atoms with E-state index in [9.17, 15) is 23.3 Å². The van der Waals surface area contributed by atoms with Gasteiger partial charge in [0, 0.05) is 19.3 Å². The Morgan fingerprint density at radius 3 is 2.67 bits per heavy atom. The fourth-order valence-corrected chi connectivity index (χ4v) is 4.53. The van der Waals surface area contributed by atoms with Crippen LogP contribution in [0.3, 0.4) is 0 Å². The third-order valence-electron chi connectivity index (χ3n) is 4.63. The molecule has 2 aromatic heterocycles. The Morgan fingerprint density at radius 1 is 1.30 bits per heavy atom. The van der Waals surface area contributed by atoms with Gasteiger partial charge in [-0.3, -0.25) is 20.1 Å². The van der Waals surface area contributed by atoms with E-state index in [-0.39, 0.29) is 35.1 Å². The lowest BCUT2D eigenvalue weighted by Gasteiger charge is -2.11. The highest BCUT2D eigenvalue weighted by Crippen LogP contribution is 2.38. The van der Waals surface area contributed by atoms with E-state index in [1.807, 2.05) is 0 Å². The van der Waals surface area contributed by atoms with Gasteiger partial charge in [-0.2, -0.15) is 5.10 Å². The van der Waals surface area contributed by atoms with Gasteiger partial charge in [-0.25, -0.2) is 18.2 Å². The van der Waals surface area contributed by atoms with Crippen LogP contribution in [-0.4, -0.2) is 52.2 Å². The predicted molar refractivity (Wildman–Crippen MR) is 119 cm³/mol. The van der Waals surface area contributed by atoms with E-state index in [1.54, 1.807) is 25.4 Å². The summed E-state index contributed by atoms with van der Waals surface area (Å²) in [6.07, 6.45) is 0.380. The maximum Gasteiger partial charge on any atom is 0.410 e. The second-order valence-electron chi connectivity index (χ2n) is 7.11. The topological polar surface area (TPSA) is 167 Å². The Balaban J connectivity index is 1.85. The number of nitro benzene ring substituents is 1. The van der Waals surface area contributed by atoms with E-state index in [2.05, 4.69) is 15.4 Å². The van der Waals surface area contributed by atoms with Crippen molar-refractivity contribution in [2.75, 3.05) is 18.2 Å². The van der Waals surface area contributed by atoms with Crippen LogP contribution in [0, 0.1) is 10.1 Å². The quantitative estimate of drug-likeness (QED) is 0.349. The number of nitrogens with zero attached hydrogens (tertiary/aromatic N) is 4. The molecule has 0 spiro atoms. The normalized spacial score (nSPS) is 11.2. The number of sulfone groups is 1. The number of anilines is 1. The Hall–Kier alpha value is -4.00. The number of hydrogen-bond donors (Lipinski definition) is 2. The summed E-state index contributed by atoms with van der Waals surface area (Å²) in [5.74, 6) is -0.651. The van der Waals surface area contributed by atoms with Gasteiger partial charge >= 0.3 is 11.8 Å². The van der Waals surface area contributed by atoms with Gasteiger partial charge in [-0.1, -0.05) is 6.07 Å². The van der Waals surface area contributed by atoms with E-state index >= 15 is 0 Å². The summed E-state index contributed by atoms with van der Waals surface area (Å²) >= 11 is 0. The molecule has 0 saturated heterocycles. The van der Waals surface area contributed by atoms with Gasteiger partial charge in [0.2, 0.25) is 5.75 Å². The van der Waals surface area contributed by atoms with Gasteiger partial charge in [0.05, 0.1) is 40.5 Å². The van der Waals surface area contributed by atoms with Gasteiger partial charge in [0.15, 0.2) is 9.84 Å². The Kier molecular flexibility index (Phi) is 6.92. The second-order valence-corrected chi connectivity index (χ2v) is 9.30. The number of rotatable bonds is 9. The molecule has 174 valence electrons. The average molecular weight is 475 g/mol. The van der Waals surface area contributed by atoms with Crippen molar-refractivity contribution >= 4 is 27.4 Å². The summed E-state index contributed by atoms with van der Waals surface area (Å²) in [5.41, 5.74) is 1.15. The van der Waals surface area contributed by atoms with Crippen molar-refractivity contribution in [2.24, 2.45) is 7.05 Å². The van der Waals surface area contributed by atoms with Gasteiger partial charge < -0.3 is 9.84 Å². The first-order valence-corrected chi connectivity index (χ1v) is 11.4. The number of carbonyl (C=O) groups is 1. The van der Waals surface area contributed by atoms with Crippen molar-refractivity contribution in [3.05, 3.63) is 64.0 Å². The maximum absolute atomic E-state index is 12.7. The minimum Gasteiger partial charge on any atom is -0.490 e. The van der Waals surface area contributed by atoms with Gasteiger partial charge in [0.1, 0.15) is 5.82 Å². The van der Waals surface area contributed by atoms with Crippen molar-refractivity contribution in [1.82, 2.24) is 14.8 Å². The fourth-order valence-electron chi connectivity index (χ4n) is 3.23. The standard InChI is InChI=1S/C20H21N5O7S/c1-24-8-6-16(23-24)15-10-13(11-17(25(28)29)19(15)32-2)7-9-33(30,31)12-14-4-3-5-18(21-14)22-20(26)27/h3-6,8,10-11H,7,9,12H2,1-2H3,(H,21,22)(H,26,27). The first-order chi connectivity index (χ1) is 15.6. The summed E-state index contributed by atoms with van der Waals surface area (Å²) in [6.45, 7) is 0. The number of nitro groups is 1. The van der Waals surface area contributed by atoms with Crippen LogP contribution in [0.2, 0.25) is 0 Å². The summed E-state index contributed by atoms with van der Waals surface area (Å²) in [5, 5.41) is 26.7. The third kappa shape index (κ3) is 6.04. The van der Waals surface area contributed by atoms with Crippen molar-refractivity contribution in [2.45, 2.75) is 12.2 Å². The molecule has 13 heteroatoms. The number of aryl methyl sites for hydroxylation is 2. The molecular formula is C20H21N5O7S. The first-order valence-electron chi connectivity index (χ1n) is 9.59. The number of nitrogens with one attached hydrogen (secondary N) is 1. The van der Waals surface area contributed by atoms with Crippen molar-refractivity contribution in [1.29, 1.82) is 0 Å². The zero-order chi connectivity index (χ0) is 24.2. The van der Waals surface area contributed by atoms with Crippen molar-refractivity contribution in [3.8, 4) is 17.0 Å². The largest absolute Gasteiger partial charge is 0.490 e. The monoisotopic (exact) mass is 475 g/mol. The van der Waals surface area contributed by atoms with E-state index in [0.29, 0.717) is 16.8 Å². The van der Waals surface area contributed by atoms with E-state index in [0.717, 1.165) is 0 Å². The van der Waals surface area contributed by atoms with Crippen LogP contribution >= 0.6 is 0 Å². The summed E-state index contributed by atoms with van der Waals surface area (Å²) in [7, 11) is -0.636. The van der Waals surface area contributed by atoms with E-state index in [4.69, 9.17) is 9.84 Å². The molecule has 1 amide bonds. The fraction of sp³-hybridized carbons (Fsp3) is 0.250. The number of aromatic nitrogens is 3. The number of carboxylic acid groups (broad SMARTS) is 1. The lowest BCUT2D eigenvalue weighted by Crippen LogP contribution is -2.14. The van der Waals surface area contributed by atoms with Crippen LogP contribution in [0.4, 0.5) is 16.3 Å². The molecule has 33 heavy (non-hydrogen) atoms. The minimum atomic E-state index is -3.66. The number of hydrogen-bond acceptors (Lipinski definition) is 8. The van der Waals surface area contributed by atoms with Gasteiger partial charge in [-0.15, -0.1) is 0 Å². The third-order valence-corrected chi connectivity index (χ3v) is 6.19. The van der Waals surface area contributed by atoms with E-state index in [1.165, 1.54) is 36.1 Å². The molecular weight excluding hydrogens is 454 g/mol. The highest BCUT2D eigenvalue weighted by molar-refractivity contribution is 7.90. The summed E-state index contributed by atoms with van der Waals surface area (Å²) < 4.78 is 32.1. The van der Waals surface area contributed by atoms with Gasteiger partial charge in [0.25, 0.3) is 0 Å². The van der Waals surface area contributed by atoms with Gasteiger partial charge in [-0.05, 0) is 36.2 Å². The molecule has 0 aliphatic heterocycles. The molecule has 0 saturated carbocycles. The smallest absolute Gasteiger partial charge is 0.410 e. The minimum absolute atomic E-state index is 0.0140. The highest BCUT2D eigenvalue weighted by atomic mass is 32.2. The molecule has 0 aliphatic rings. The zero-order valence-electron chi connectivity index (χ0n) is 17.8. The Bertz CT molecular complexity index is 1300. The molecule has 2 heterocycles. The van der Waals surface area contributed by atoms with Crippen LogP contribution in [0.25, 0.3) is 11.3 Å². The first kappa shape index (κ1) is 23.7. The molecule has 0 radical (unpaired) electrons. The molecule has 3 rings (SSSR count). The predicted octanol–water partition coefficient (Wildman–Crippen LogP) is 2.65. The Morgan fingerprint density at radius 2 is 2.06 bits per heavy atom. The number of ether oxygens (including phenoxy) is 1. The molecule has 12 nitrogen and oxygen atoms in total. The lowest BCUT2D eigenvalue weighted by molar-refractivity contribution is -0.385. The van der Waals surface area contributed by atoms with Crippen molar-refractivity contribution in [3.63, 3.8) is 0 Å². The number of benzene rings is 1. The highest BCUT2D eigenvalue weighted by Gasteiger charge is 2.24. The Labute approximate surface area is 188 Å². The molecule has 0 aliphatic carbocycles. The molecule has 0 bridgehead atoms. The number of pyridine rings is 1. The molecule has 0 atom stereocenters.